The topological polar surface area (TPSA) is 285 Å². The van der Waals surface area contributed by atoms with Crippen LogP contribution in [-0.2, 0) is 40.1 Å². The van der Waals surface area contributed by atoms with Crippen LogP contribution in [0, 0.1) is 17.0 Å². The molecule has 0 fully saturated rings. The molecule has 23 heteroatoms. The predicted octanol–water partition coefficient (Wildman–Crippen LogP) is 3.31. The molecule has 2 aromatic carbocycles. The first-order valence-corrected chi connectivity index (χ1v) is 20.9. The number of ketones is 1. The van der Waals surface area contributed by atoms with Crippen LogP contribution in [0.4, 0.5) is 22.0 Å². The molecule has 0 aliphatic heterocycles. The van der Waals surface area contributed by atoms with E-state index < -0.39 is 95.3 Å². The summed E-state index contributed by atoms with van der Waals surface area (Å²) in [6.07, 6.45) is -3.74. The number of thioether (sulfide) groups is 1. The van der Waals surface area contributed by atoms with Gasteiger partial charge in [-0.25, -0.2) is 13.6 Å². The van der Waals surface area contributed by atoms with Crippen LogP contribution in [-0.4, -0.2) is 127 Å². The molecule has 0 aliphatic carbocycles. The molecule has 0 aliphatic rings. The molecule has 1 heterocycles. The predicted molar refractivity (Wildman–Crippen MR) is 227 cm³/mol. The van der Waals surface area contributed by atoms with Gasteiger partial charge in [-0.1, -0.05) is 51.1 Å². The van der Waals surface area contributed by atoms with Crippen LogP contribution in [0.25, 0.3) is 11.1 Å². The van der Waals surface area contributed by atoms with Gasteiger partial charge in [0.05, 0.1) is 18.6 Å². The van der Waals surface area contributed by atoms with E-state index >= 15 is 4.39 Å². The summed E-state index contributed by atoms with van der Waals surface area (Å²) < 4.78 is 62.9. The summed E-state index contributed by atoms with van der Waals surface area (Å²) in [6, 6.07) is 11.2. The van der Waals surface area contributed by atoms with E-state index in [1.807, 2.05) is 55.7 Å². The second-order valence-corrected chi connectivity index (χ2v) is 16.9. The fraction of sp³-hybridized carbons (Fsp3) is 0.452. The first kappa shape index (κ1) is 55.2. The lowest BCUT2D eigenvalue weighted by Gasteiger charge is -2.41. The van der Waals surface area contributed by atoms with E-state index in [0.29, 0.717) is 29.6 Å². The molecule has 4 atom stereocenters. The van der Waals surface area contributed by atoms with Gasteiger partial charge in [0.25, 0.3) is 0 Å². The highest BCUT2D eigenvalue weighted by molar-refractivity contribution is 8.00. The van der Waals surface area contributed by atoms with Crippen LogP contribution in [0.1, 0.15) is 63.8 Å². The molecule has 1 aromatic heterocycles. The number of aliphatic carboxylic acids is 3. The summed E-state index contributed by atoms with van der Waals surface area (Å²) in [5, 5.41) is 39.1. The quantitative estimate of drug-likeness (QED) is 0.0501. The van der Waals surface area contributed by atoms with E-state index in [-0.39, 0.29) is 56.0 Å². The van der Waals surface area contributed by atoms with Gasteiger partial charge in [-0.15, -0.1) is 11.8 Å². The number of nitrogens with zero attached hydrogens (tertiary/aromatic N) is 2. The van der Waals surface area contributed by atoms with Crippen LogP contribution in [0.5, 0.6) is 0 Å². The SMILES string of the molecule is CC(C)(C)[C@H](c1cc(-c2cc(F)ccc2F)cn1Cc1ccccc1)N(CC[C@H](N)C(=O)NCCCC(=O)CNC(=O)CC(SC[C@H](N)C(=O)O)C(=O)O)C(=O)CO.O=C(O)C(F)(F)F. The number of benzene rings is 2. The molecule has 0 radical (unpaired) electrons. The van der Waals surface area contributed by atoms with Crippen molar-refractivity contribution >= 4 is 53.2 Å². The third kappa shape index (κ3) is 18.6. The molecule has 0 spiro atoms. The molecule has 3 aromatic rings. The summed E-state index contributed by atoms with van der Waals surface area (Å²) in [4.78, 5) is 83.7. The van der Waals surface area contributed by atoms with Crippen LogP contribution < -0.4 is 22.1 Å². The van der Waals surface area contributed by atoms with Gasteiger partial charge in [0.1, 0.15) is 29.5 Å². The summed E-state index contributed by atoms with van der Waals surface area (Å²) in [5.74, 6) is -9.17. The van der Waals surface area contributed by atoms with Gasteiger partial charge in [0.2, 0.25) is 17.7 Å². The Kier molecular flexibility index (Phi) is 21.7. The molecule has 17 nitrogen and oxygen atoms in total. The zero-order chi connectivity index (χ0) is 49.2. The number of aromatic nitrogens is 1. The fourth-order valence-electron chi connectivity index (χ4n) is 6.17. The molecule has 0 saturated heterocycles. The minimum atomic E-state index is -5.08. The Hall–Kier alpha value is -5.91. The Morgan fingerprint density at radius 2 is 1.51 bits per heavy atom. The molecular weight excluding hydrogens is 892 g/mol. The van der Waals surface area contributed by atoms with Crippen molar-refractivity contribution < 1.29 is 75.9 Å². The zero-order valence-corrected chi connectivity index (χ0v) is 36.5. The number of amides is 3. The maximum Gasteiger partial charge on any atom is 0.490 e. The minimum Gasteiger partial charge on any atom is -0.480 e. The number of nitrogens with one attached hydrogen (secondary N) is 2. The molecule has 1 unspecified atom stereocenters. The maximum atomic E-state index is 15.0. The number of carboxylic acids is 3. The second-order valence-electron chi connectivity index (χ2n) is 15.6. The van der Waals surface area contributed by atoms with Crippen molar-refractivity contribution in [3.05, 3.63) is 83.7 Å². The van der Waals surface area contributed by atoms with Gasteiger partial charge in [-0.2, -0.15) is 13.2 Å². The molecule has 3 rings (SSSR count). The molecule has 10 N–H and O–H groups in total. The number of carbonyl (C=O) groups excluding carboxylic acids is 4. The number of halogens is 5. The number of Topliss-reactive ketones (excluding diaryl/α,β-unsaturated/α-hetero) is 1. The summed E-state index contributed by atoms with van der Waals surface area (Å²) in [7, 11) is 0. The molecule has 3 amide bonds. The number of aliphatic hydroxyl groups is 1. The standard InChI is InChI=1S/C40H52F2N6O9S.C2HF3O2/c1-40(2,3)36(32-16-25(28-17-26(41)11-12-29(28)42)21-47(32)20-24-8-5-4-6-9-24)48(35(52)22-49)15-13-30(43)37(53)45-14-7-10-27(50)19-46-34(51)18-33(39(56)57)58-23-31(44)38(54)55;3-2(4,5)1(6)7/h4-6,8-9,11-12,16-17,21,30-31,33,36,49H,7,10,13-15,18-20,22-23,43-44H2,1-3H3,(H,45,53)(H,46,51)(H,54,55)(H,56,57);(H,6,7)/t30-,31-,33?,36-;/m0./s1. The highest BCUT2D eigenvalue weighted by Gasteiger charge is 2.39. The van der Waals surface area contributed by atoms with Gasteiger partial charge in [-0.3, -0.25) is 28.8 Å². The van der Waals surface area contributed by atoms with Gasteiger partial charge in [0, 0.05) is 61.2 Å². The first-order valence-electron chi connectivity index (χ1n) is 19.8. The number of nitrogens with two attached hydrogens (primary N) is 2. The monoisotopic (exact) mass is 944 g/mol. The molecule has 358 valence electrons. The lowest BCUT2D eigenvalue weighted by molar-refractivity contribution is -0.192. The van der Waals surface area contributed by atoms with Crippen molar-refractivity contribution in [3.8, 4) is 11.1 Å². The number of carbonyl (C=O) groups is 7. The van der Waals surface area contributed by atoms with Gasteiger partial charge in [-0.05, 0) is 48.1 Å². The van der Waals surface area contributed by atoms with Crippen molar-refractivity contribution in [2.24, 2.45) is 16.9 Å². The Balaban J connectivity index is 0.00000191. The number of aliphatic hydroxyl groups excluding tert-OH is 1. The van der Waals surface area contributed by atoms with Gasteiger partial charge >= 0.3 is 24.1 Å². The van der Waals surface area contributed by atoms with E-state index in [1.165, 1.54) is 4.90 Å². The van der Waals surface area contributed by atoms with Crippen molar-refractivity contribution in [2.45, 2.75) is 82.6 Å². The molecular formula is C42H53F5N6O11S. The third-order valence-electron chi connectivity index (χ3n) is 9.35. The van der Waals surface area contributed by atoms with Crippen LogP contribution in [0.3, 0.4) is 0 Å². The number of hydrogen-bond donors (Lipinski definition) is 8. The second kappa shape index (κ2) is 25.5. The Labute approximate surface area is 374 Å². The third-order valence-corrected chi connectivity index (χ3v) is 10.7. The smallest absolute Gasteiger partial charge is 0.480 e. The van der Waals surface area contributed by atoms with E-state index in [4.69, 9.17) is 26.5 Å². The van der Waals surface area contributed by atoms with Crippen molar-refractivity contribution in [1.82, 2.24) is 20.1 Å². The van der Waals surface area contributed by atoms with Gasteiger partial charge in [0.15, 0.2) is 5.78 Å². The van der Waals surface area contributed by atoms with E-state index in [1.54, 1.807) is 12.3 Å². The summed E-state index contributed by atoms with van der Waals surface area (Å²) in [5.41, 5.74) is 12.9. The van der Waals surface area contributed by atoms with Crippen LogP contribution in [0.15, 0.2) is 60.8 Å². The minimum absolute atomic E-state index is 0.0161. The Bertz CT molecular complexity index is 2120. The number of hydrogen-bond acceptors (Lipinski definition) is 11. The first-order chi connectivity index (χ1) is 30.3. The van der Waals surface area contributed by atoms with E-state index in [9.17, 15) is 56.5 Å². The number of carboxylic acid groups (broad SMARTS) is 3. The zero-order valence-electron chi connectivity index (χ0n) is 35.6. The number of alkyl halides is 3. The average molecular weight is 945 g/mol. The average Bonchev–Trinajstić information content (AvgIpc) is 3.63. The highest BCUT2D eigenvalue weighted by Crippen LogP contribution is 2.41. The van der Waals surface area contributed by atoms with Crippen LogP contribution >= 0.6 is 11.8 Å². The Morgan fingerprint density at radius 1 is 0.877 bits per heavy atom. The lowest BCUT2D eigenvalue weighted by atomic mass is 9.82. The van der Waals surface area contributed by atoms with Crippen molar-refractivity contribution in [3.63, 3.8) is 0 Å². The van der Waals surface area contributed by atoms with Crippen molar-refractivity contribution in [1.29, 1.82) is 0 Å². The van der Waals surface area contributed by atoms with E-state index in [0.717, 1.165) is 23.8 Å². The highest BCUT2D eigenvalue weighted by atomic mass is 32.2. The lowest BCUT2D eigenvalue weighted by Crippen LogP contribution is -2.47. The number of rotatable bonds is 23. The fourth-order valence-corrected chi connectivity index (χ4v) is 7.17. The van der Waals surface area contributed by atoms with Gasteiger partial charge < -0.3 is 52.0 Å². The normalized spacial score (nSPS) is 13.3. The van der Waals surface area contributed by atoms with Crippen LogP contribution in [0.2, 0.25) is 0 Å². The van der Waals surface area contributed by atoms with Crippen molar-refractivity contribution in [2.75, 3.05) is 32.0 Å². The largest absolute Gasteiger partial charge is 0.490 e. The molecule has 0 bridgehead atoms. The molecule has 0 saturated carbocycles. The molecule has 65 heavy (non-hydrogen) atoms. The maximum absolute atomic E-state index is 15.0. The Morgan fingerprint density at radius 3 is 2.06 bits per heavy atom. The van der Waals surface area contributed by atoms with E-state index in [2.05, 4.69) is 10.6 Å². The summed E-state index contributed by atoms with van der Waals surface area (Å²) >= 11 is 0.705. The summed E-state index contributed by atoms with van der Waals surface area (Å²) in [6.45, 7) is 4.79.